The van der Waals surface area contributed by atoms with Gasteiger partial charge in [0.1, 0.15) is 0 Å². The van der Waals surface area contributed by atoms with E-state index < -0.39 is 5.97 Å². The lowest BCUT2D eigenvalue weighted by atomic mass is 9.71. The summed E-state index contributed by atoms with van der Waals surface area (Å²) in [5, 5.41) is 9.17. The minimum Gasteiger partial charge on any atom is -0.478 e. The van der Waals surface area contributed by atoms with E-state index in [1.165, 1.54) is 28.0 Å². The Bertz CT molecular complexity index is 920. The van der Waals surface area contributed by atoms with E-state index in [1.54, 1.807) is 12.1 Å². The molecule has 3 heteroatoms. The van der Waals surface area contributed by atoms with Gasteiger partial charge in [-0.1, -0.05) is 33.8 Å². The van der Waals surface area contributed by atoms with Crippen LogP contribution in [-0.4, -0.2) is 17.6 Å². The zero-order chi connectivity index (χ0) is 20.6. The van der Waals surface area contributed by atoms with Crippen molar-refractivity contribution in [3.63, 3.8) is 0 Å². The van der Waals surface area contributed by atoms with Crippen molar-refractivity contribution in [2.24, 2.45) is 5.92 Å². The van der Waals surface area contributed by atoms with E-state index in [0.29, 0.717) is 11.5 Å². The van der Waals surface area contributed by atoms with Crippen LogP contribution in [-0.2, 0) is 5.41 Å². The van der Waals surface area contributed by atoms with E-state index in [-0.39, 0.29) is 5.41 Å². The van der Waals surface area contributed by atoms with Gasteiger partial charge >= 0.3 is 5.97 Å². The van der Waals surface area contributed by atoms with E-state index in [9.17, 15) is 9.90 Å². The minimum atomic E-state index is -0.894. The van der Waals surface area contributed by atoms with Crippen LogP contribution in [0.15, 0.2) is 42.5 Å². The van der Waals surface area contributed by atoms with Crippen molar-refractivity contribution >= 4 is 22.9 Å². The molecule has 3 nitrogen and oxygen atoms in total. The number of fused-ring (bicyclic) bond motifs is 1. The van der Waals surface area contributed by atoms with Gasteiger partial charge in [0.15, 0.2) is 0 Å². The second kappa shape index (κ2) is 7.46. The Morgan fingerprint density at radius 3 is 2.36 bits per heavy atom. The summed E-state index contributed by atoms with van der Waals surface area (Å²) in [6.45, 7) is 14.3. The monoisotopic (exact) mass is 377 g/mol. The van der Waals surface area contributed by atoms with Gasteiger partial charge in [0.05, 0.1) is 5.56 Å². The van der Waals surface area contributed by atoms with Crippen LogP contribution >= 0.6 is 0 Å². The summed E-state index contributed by atoms with van der Waals surface area (Å²) in [7, 11) is 0. The molecule has 0 saturated carbocycles. The van der Waals surface area contributed by atoms with Crippen LogP contribution in [0.1, 0.15) is 68.1 Å². The van der Waals surface area contributed by atoms with E-state index in [4.69, 9.17) is 0 Å². The summed E-state index contributed by atoms with van der Waals surface area (Å²) in [6.07, 6.45) is 3.46. The number of carboxylic acids is 1. The maximum absolute atomic E-state index is 11.2. The molecule has 2 aromatic rings. The maximum Gasteiger partial charge on any atom is 0.335 e. The highest BCUT2D eigenvalue weighted by atomic mass is 16.4. The first-order chi connectivity index (χ1) is 13.2. The lowest BCUT2D eigenvalue weighted by molar-refractivity contribution is 0.0697. The van der Waals surface area contributed by atoms with Gasteiger partial charge in [0.25, 0.3) is 0 Å². The predicted octanol–water partition coefficient (Wildman–Crippen LogP) is 6.57. The summed E-state index contributed by atoms with van der Waals surface area (Å²) >= 11 is 0. The topological polar surface area (TPSA) is 40.5 Å². The Balaban J connectivity index is 2.11. The molecule has 0 heterocycles. The molecule has 0 bridgehead atoms. The number of carboxylic acid groups (broad SMARTS) is 1. The number of carbonyl (C=O) groups is 1. The Hall–Kier alpha value is -2.55. The second-order valence-corrected chi connectivity index (χ2v) is 8.68. The number of rotatable bonds is 5. The van der Waals surface area contributed by atoms with E-state index >= 15 is 0 Å². The smallest absolute Gasteiger partial charge is 0.335 e. The van der Waals surface area contributed by atoms with Gasteiger partial charge in [-0.15, -0.1) is 0 Å². The highest BCUT2D eigenvalue weighted by Gasteiger charge is 2.30. The average molecular weight is 378 g/mol. The van der Waals surface area contributed by atoms with Crippen molar-refractivity contribution in [3.8, 4) is 0 Å². The summed E-state index contributed by atoms with van der Waals surface area (Å²) < 4.78 is 0. The van der Waals surface area contributed by atoms with Crippen molar-refractivity contribution < 1.29 is 9.90 Å². The maximum atomic E-state index is 11.2. The van der Waals surface area contributed by atoms with Crippen LogP contribution in [0.25, 0.3) is 5.57 Å². The molecule has 1 N–H and O–H groups in total. The van der Waals surface area contributed by atoms with Crippen LogP contribution < -0.4 is 4.90 Å². The molecular weight excluding hydrogens is 346 g/mol. The van der Waals surface area contributed by atoms with Gasteiger partial charge in [-0.05, 0) is 90.3 Å². The first-order valence-electron chi connectivity index (χ1n) is 10.1. The van der Waals surface area contributed by atoms with Gasteiger partial charge in [0.2, 0.25) is 0 Å². The third-order valence-corrected chi connectivity index (χ3v) is 5.86. The van der Waals surface area contributed by atoms with Gasteiger partial charge < -0.3 is 10.0 Å². The first kappa shape index (κ1) is 20.2. The zero-order valence-electron chi connectivity index (χ0n) is 17.8. The van der Waals surface area contributed by atoms with Crippen LogP contribution in [0.3, 0.4) is 0 Å². The van der Waals surface area contributed by atoms with Crippen LogP contribution in [0, 0.1) is 12.8 Å². The van der Waals surface area contributed by atoms with Crippen LogP contribution in [0.4, 0.5) is 11.4 Å². The number of benzene rings is 2. The standard InChI is InChI=1S/C25H31NO2/c1-7-26(19-10-8-18(9-11-19)24(27)28)23-15-22-21(14-17(23)4)20(16(2)3)12-13-25(22,5)6/h8-12,14-16H,7,13H2,1-6H3,(H,27,28). The van der Waals surface area contributed by atoms with Gasteiger partial charge in [-0.25, -0.2) is 4.79 Å². The SMILES string of the molecule is CCN(c1ccc(C(=O)O)cc1)c1cc2c(cc1C)C(C(C)C)=CCC2(C)C. The molecule has 0 aromatic heterocycles. The molecule has 1 aliphatic carbocycles. The summed E-state index contributed by atoms with van der Waals surface area (Å²) in [5.74, 6) is -0.389. The van der Waals surface area contributed by atoms with Gasteiger partial charge in [-0.2, -0.15) is 0 Å². The average Bonchev–Trinajstić information content (AvgIpc) is 2.63. The van der Waals surface area contributed by atoms with E-state index in [0.717, 1.165) is 18.7 Å². The Kier molecular flexibility index (Phi) is 5.38. The van der Waals surface area contributed by atoms with Crippen molar-refractivity contribution in [2.45, 2.75) is 53.4 Å². The summed E-state index contributed by atoms with van der Waals surface area (Å²) in [5.41, 5.74) is 8.10. The lowest BCUT2D eigenvalue weighted by Crippen LogP contribution is -2.25. The van der Waals surface area contributed by atoms with Crippen molar-refractivity contribution in [1.29, 1.82) is 0 Å². The molecule has 28 heavy (non-hydrogen) atoms. The second-order valence-electron chi connectivity index (χ2n) is 8.68. The molecular formula is C25H31NO2. The zero-order valence-corrected chi connectivity index (χ0v) is 17.8. The minimum absolute atomic E-state index is 0.1000. The summed E-state index contributed by atoms with van der Waals surface area (Å²) in [4.78, 5) is 13.4. The van der Waals surface area contributed by atoms with Gasteiger partial charge in [0, 0.05) is 17.9 Å². The third-order valence-electron chi connectivity index (χ3n) is 5.86. The fourth-order valence-electron chi connectivity index (χ4n) is 4.19. The molecule has 0 radical (unpaired) electrons. The molecule has 2 aromatic carbocycles. The molecule has 3 rings (SSSR count). The fraction of sp³-hybridized carbons (Fsp3) is 0.400. The molecule has 0 amide bonds. The van der Waals surface area contributed by atoms with Crippen LogP contribution in [0.2, 0.25) is 0 Å². The summed E-state index contributed by atoms with van der Waals surface area (Å²) in [6, 6.07) is 11.8. The third kappa shape index (κ3) is 3.58. The number of nitrogens with zero attached hydrogens (tertiary/aromatic N) is 1. The highest BCUT2D eigenvalue weighted by molar-refractivity contribution is 5.88. The Morgan fingerprint density at radius 2 is 1.82 bits per heavy atom. The number of anilines is 2. The van der Waals surface area contributed by atoms with E-state index in [2.05, 4.69) is 64.7 Å². The normalized spacial score (nSPS) is 15.2. The molecule has 0 saturated heterocycles. The predicted molar refractivity (Wildman–Crippen MR) is 118 cm³/mol. The molecule has 1 aliphatic rings. The molecule has 148 valence electrons. The van der Waals surface area contributed by atoms with E-state index in [1.807, 2.05) is 12.1 Å². The number of aryl methyl sites for hydroxylation is 1. The molecule has 0 spiro atoms. The Morgan fingerprint density at radius 1 is 1.18 bits per heavy atom. The number of aromatic carboxylic acids is 1. The molecule has 0 fully saturated rings. The van der Waals surface area contributed by atoms with Crippen molar-refractivity contribution in [3.05, 3.63) is 64.7 Å². The number of hydrogen-bond acceptors (Lipinski definition) is 2. The molecule has 0 atom stereocenters. The molecule has 0 aliphatic heterocycles. The number of hydrogen-bond donors (Lipinski definition) is 1. The number of allylic oxidation sites excluding steroid dienone is 2. The van der Waals surface area contributed by atoms with Crippen LogP contribution in [0.5, 0.6) is 0 Å². The highest BCUT2D eigenvalue weighted by Crippen LogP contribution is 2.44. The molecule has 0 unspecified atom stereocenters. The fourth-order valence-corrected chi connectivity index (χ4v) is 4.19. The Labute approximate surface area is 168 Å². The van der Waals surface area contributed by atoms with Gasteiger partial charge in [-0.3, -0.25) is 0 Å². The van der Waals surface area contributed by atoms with Crippen molar-refractivity contribution in [1.82, 2.24) is 0 Å². The quantitative estimate of drug-likeness (QED) is 0.640. The largest absolute Gasteiger partial charge is 0.478 e. The first-order valence-corrected chi connectivity index (χ1v) is 10.1. The lowest BCUT2D eigenvalue weighted by Gasteiger charge is -2.36. The van der Waals surface area contributed by atoms with Crippen molar-refractivity contribution in [2.75, 3.05) is 11.4 Å².